The van der Waals surface area contributed by atoms with Gasteiger partial charge in [-0.3, -0.25) is 35.1 Å². The minimum absolute atomic E-state index is 0.0861. The van der Waals surface area contributed by atoms with E-state index in [0.717, 1.165) is 49.3 Å². The van der Waals surface area contributed by atoms with Crippen LogP contribution in [0.25, 0.3) is 0 Å². The largest absolute Gasteiger partial charge is 0.366 e. The molecule has 56 heavy (non-hydrogen) atoms. The molecule has 0 atom stereocenters. The molecule has 0 radical (unpaired) electrons. The van der Waals surface area contributed by atoms with Crippen LogP contribution in [0.1, 0.15) is 34.3 Å². The lowest BCUT2D eigenvalue weighted by Gasteiger charge is -2.28. The van der Waals surface area contributed by atoms with Crippen molar-refractivity contribution < 1.29 is 44.8 Å². The molecule has 20 nitrogen and oxygen atoms in total. The molecule has 1 aliphatic rings. The van der Waals surface area contributed by atoms with E-state index in [0.29, 0.717) is 0 Å². The Morgan fingerprint density at radius 3 is 1.14 bits per heavy atom. The van der Waals surface area contributed by atoms with Gasteiger partial charge in [-0.2, -0.15) is 12.9 Å². The molecule has 1 heterocycles. The molecule has 5 rings (SSSR count). The zero-order valence-electron chi connectivity index (χ0n) is 29.1. The molecule has 1 amide bonds. The fourth-order valence-electron chi connectivity index (χ4n) is 6.16. The van der Waals surface area contributed by atoms with E-state index in [-0.39, 0.29) is 29.5 Å². The Balaban J connectivity index is 1.69. The highest BCUT2D eigenvalue weighted by Gasteiger charge is 2.36. The van der Waals surface area contributed by atoms with Crippen LogP contribution in [0.5, 0.6) is 0 Å². The van der Waals surface area contributed by atoms with Crippen LogP contribution in [-0.2, 0) is 43.2 Å². The van der Waals surface area contributed by atoms with Crippen LogP contribution < -0.4 is 5.73 Å². The lowest BCUT2D eigenvalue weighted by molar-refractivity contribution is -0.388. The Bertz CT molecular complexity index is 2430. The van der Waals surface area contributed by atoms with Gasteiger partial charge >= 0.3 is 0 Å². The molecule has 0 spiro atoms. The van der Waals surface area contributed by atoms with Gasteiger partial charge < -0.3 is 5.73 Å². The summed E-state index contributed by atoms with van der Waals surface area (Å²) in [6, 6.07) is 17.4. The van der Waals surface area contributed by atoms with Gasteiger partial charge in [0, 0.05) is 63.0 Å². The van der Waals surface area contributed by atoms with Crippen LogP contribution >= 0.6 is 0 Å². The second-order valence-corrected chi connectivity index (χ2v) is 18.1. The maximum Gasteiger partial charge on any atom is 0.289 e. The van der Waals surface area contributed by atoms with Gasteiger partial charge in [-0.25, -0.2) is 25.3 Å². The lowest BCUT2D eigenvalue weighted by atomic mass is 10.0. The Morgan fingerprint density at radius 1 is 0.518 bits per heavy atom. The molecule has 0 unspecified atom stereocenters. The third-order valence-corrected chi connectivity index (χ3v) is 14.5. The number of carbonyl (C=O) groups excluding carboxylic acids is 1. The number of fused-ring (bicyclic) bond motifs is 2. The van der Waals surface area contributed by atoms with Crippen LogP contribution in [0.3, 0.4) is 0 Å². The topological polar surface area (TPSA) is 285 Å². The van der Waals surface area contributed by atoms with E-state index in [2.05, 4.69) is 0 Å². The number of hydrogen-bond donors (Lipinski definition) is 1. The van der Waals surface area contributed by atoms with Crippen molar-refractivity contribution in [3.05, 3.63) is 138 Å². The second kappa shape index (κ2) is 16.6. The molecular weight excluding hydrogens is 799 g/mol. The molecule has 0 fully saturated rings. The lowest BCUT2D eigenvalue weighted by Crippen LogP contribution is -2.39. The smallest absolute Gasteiger partial charge is 0.289 e. The van der Waals surface area contributed by atoms with E-state index in [1.807, 2.05) is 0 Å². The fraction of sp³-hybridized carbons (Fsp3) is 0.242. The van der Waals surface area contributed by atoms with E-state index >= 15 is 0 Å². The van der Waals surface area contributed by atoms with Crippen molar-refractivity contribution in [3.8, 4) is 0 Å². The average Bonchev–Trinajstić information content (AvgIpc) is 3.15. The zero-order chi connectivity index (χ0) is 41.0. The molecule has 0 saturated heterocycles. The standard InChI is InChI=1S/C33H33N7O13S3/c34-33(41)26-20-24-19-25(21-26)23-37(56(52,53)32-14-6-3-11-29(32)40(46)47)18-8-16-35(54(48,49)30-12-4-1-9-27(30)38(42)43)15-7-17-36(22-24)55(50,51)31-13-5-2-10-28(31)39(44)45/h1-6,9-14,19-21H,7-8,15-18,22-23H2,(H2,34,41). The molecular formula is C33H33N7O13S3. The summed E-state index contributed by atoms with van der Waals surface area (Å²) in [5.74, 6) is -0.966. The summed E-state index contributed by atoms with van der Waals surface area (Å²) in [5.41, 5.74) is 3.35. The number of rotatable bonds is 10. The number of primary amides is 1. The van der Waals surface area contributed by atoms with Crippen LogP contribution in [0.4, 0.5) is 17.1 Å². The van der Waals surface area contributed by atoms with Gasteiger partial charge in [0.15, 0.2) is 14.7 Å². The van der Waals surface area contributed by atoms with Crippen LogP contribution in [-0.4, -0.2) is 85.0 Å². The predicted molar refractivity (Wildman–Crippen MR) is 197 cm³/mol. The maximum atomic E-state index is 14.2. The third-order valence-electron chi connectivity index (χ3n) is 8.72. The first-order valence-electron chi connectivity index (χ1n) is 16.5. The molecule has 0 aliphatic carbocycles. The van der Waals surface area contributed by atoms with Gasteiger partial charge in [0.25, 0.3) is 17.1 Å². The van der Waals surface area contributed by atoms with Gasteiger partial charge in [0.2, 0.25) is 36.0 Å². The Labute approximate surface area is 320 Å². The van der Waals surface area contributed by atoms with Crippen molar-refractivity contribution >= 4 is 53.0 Å². The molecule has 1 aliphatic heterocycles. The van der Waals surface area contributed by atoms with Gasteiger partial charge in [-0.1, -0.05) is 42.5 Å². The first-order chi connectivity index (χ1) is 26.3. The number of nitro benzene ring substituents is 3. The first kappa shape index (κ1) is 41.4. The number of carbonyl (C=O) groups is 1. The van der Waals surface area contributed by atoms with Crippen molar-refractivity contribution in [1.29, 1.82) is 0 Å². The predicted octanol–water partition coefficient (Wildman–Crippen LogP) is 3.38. The van der Waals surface area contributed by atoms with Gasteiger partial charge in [0.05, 0.1) is 14.8 Å². The Morgan fingerprint density at radius 2 is 0.821 bits per heavy atom. The van der Waals surface area contributed by atoms with E-state index in [4.69, 9.17) is 5.73 Å². The number of benzene rings is 4. The van der Waals surface area contributed by atoms with E-state index in [1.165, 1.54) is 54.6 Å². The van der Waals surface area contributed by atoms with Crippen molar-refractivity contribution in [3.63, 3.8) is 0 Å². The van der Waals surface area contributed by atoms with Gasteiger partial charge in [0.1, 0.15) is 0 Å². The minimum atomic E-state index is -4.76. The van der Waals surface area contributed by atoms with Crippen LogP contribution in [0.15, 0.2) is 106 Å². The SMILES string of the molecule is NC(=O)c1cc2cc(c1)CN(S(=O)(=O)c1ccccc1[N+](=O)[O-])CCCN(S(=O)(=O)c1ccccc1[N+](=O)[O-])CCCN(S(=O)(=O)c1ccccc1[N+](=O)[O-])C2. The van der Waals surface area contributed by atoms with Crippen molar-refractivity contribution in [2.24, 2.45) is 5.73 Å². The number of nitrogens with zero attached hydrogens (tertiary/aromatic N) is 6. The maximum absolute atomic E-state index is 14.2. The number of nitrogens with two attached hydrogens (primary N) is 1. The Hall–Kier alpha value is -5.72. The number of nitro groups is 3. The second-order valence-electron chi connectivity index (χ2n) is 12.4. The van der Waals surface area contributed by atoms with E-state index < -0.39 is 122 Å². The number of hydrogen-bond acceptors (Lipinski definition) is 13. The van der Waals surface area contributed by atoms with E-state index in [1.54, 1.807) is 0 Å². The average molecular weight is 832 g/mol. The van der Waals surface area contributed by atoms with Crippen molar-refractivity contribution in [2.75, 3.05) is 26.2 Å². The zero-order valence-corrected chi connectivity index (χ0v) is 31.6. The fourth-order valence-corrected chi connectivity index (χ4v) is 11.1. The first-order valence-corrected chi connectivity index (χ1v) is 20.8. The summed E-state index contributed by atoms with van der Waals surface area (Å²) in [5, 5.41) is 35.6. The summed E-state index contributed by atoms with van der Waals surface area (Å²) in [6.45, 7) is -2.99. The number of sulfonamides is 3. The van der Waals surface area contributed by atoms with Gasteiger partial charge in [-0.15, -0.1) is 0 Å². The summed E-state index contributed by atoms with van der Waals surface area (Å²) in [6.07, 6.45) is -0.555. The Kier molecular flexibility index (Phi) is 12.3. The minimum Gasteiger partial charge on any atom is -0.366 e. The summed E-state index contributed by atoms with van der Waals surface area (Å²) < 4.78 is 87.4. The summed E-state index contributed by atoms with van der Waals surface area (Å²) in [7, 11) is -14.3. The van der Waals surface area contributed by atoms with Crippen molar-refractivity contribution in [2.45, 2.75) is 40.6 Å². The summed E-state index contributed by atoms with van der Waals surface area (Å²) in [4.78, 5) is 43.4. The van der Waals surface area contributed by atoms with Crippen LogP contribution in [0.2, 0.25) is 0 Å². The number of para-hydroxylation sites is 3. The molecule has 23 heteroatoms. The number of amides is 1. The quantitative estimate of drug-likeness (QED) is 0.177. The van der Waals surface area contributed by atoms with Crippen molar-refractivity contribution in [1.82, 2.24) is 12.9 Å². The van der Waals surface area contributed by atoms with Crippen LogP contribution in [0, 0.1) is 30.3 Å². The molecule has 4 aromatic rings. The normalized spacial score (nSPS) is 15.7. The van der Waals surface area contributed by atoms with E-state index in [9.17, 15) is 60.4 Å². The molecule has 0 saturated carbocycles. The molecule has 2 bridgehead atoms. The molecule has 2 N–H and O–H groups in total. The molecule has 0 aromatic heterocycles. The monoisotopic (exact) mass is 831 g/mol. The highest BCUT2D eigenvalue weighted by atomic mass is 32.2. The summed E-state index contributed by atoms with van der Waals surface area (Å²) >= 11 is 0. The molecule has 4 aromatic carbocycles. The third kappa shape index (κ3) is 8.72. The van der Waals surface area contributed by atoms with Gasteiger partial charge in [-0.05, 0) is 54.3 Å². The molecule has 296 valence electrons. The highest BCUT2D eigenvalue weighted by molar-refractivity contribution is 7.89. The highest BCUT2D eigenvalue weighted by Crippen LogP contribution is 2.32.